The van der Waals surface area contributed by atoms with Crippen molar-refractivity contribution in [1.29, 1.82) is 5.26 Å². The number of benzene rings is 1. The highest BCUT2D eigenvalue weighted by molar-refractivity contribution is 5.87. The first-order valence-corrected chi connectivity index (χ1v) is 11.2. The number of carbonyl (C=O) groups is 1. The van der Waals surface area contributed by atoms with Crippen molar-refractivity contribution in [3.63, 3.8) is 0 Å². The molecule has 0 spiro atoms. The van der Waals surface area contributed by atoms with E-state index in [1.807, 2.05) is 32.0 Å². The molecule has 170 valence electrons. The Balaban J connectivity index is 1.69. The summed E-state index contributed by atoms with van der Waals surface area (Å²) in [5, 5.41) is 15.5. The molecular formula is C25H34N6O. The van der Waals surface area contributed by atoms with Gasteiger partial charge in [0.1, 0.15) is 11.9 Å². The molecule has 2 N–H and O–H groups in total. The van der Waals surface area contributed by atoms with E-state index in [9.17, 15) is 4.79 Å². The smallest absolute Gasteiger partial charge is 0.234 e. The highest BCUT2D eigenvalue weighted by Crippen LogP contribution is 2.28. The Bertz CT molecular complexity index is 979. The van der Waals surface area contributed by atoms with Crippen molar-refractivity contribution in [1.82, 2.24) is 15.3 Å². The molecule has 2 heterocycles. The average molecular weight is 435 g/mol. The van der Waals surface area contributed by atoms with Crippen molar-refractivity contribution in [2.75, 3.05) is 29.9 Å². The first kappa shape index (κ1) is 23.5. The molecular weight excluding hydrogens is 400 g/mol. The van der Waals surface area contributed by atoms with Gasteiger partial charge in [0.2, 0.25) is 11.7 Å². The Hall–Kier alpha value is -3.14. The van der Waals surface area contributed by atoms with Crippen molar-refractivity contribution < 1.29 is 4.79 Å². The van der Waals surface area contributed by atoms with Crippen LogP contribution in [0.5, 0.6) is 0 Å². The highest BCUT2D eigenvalue weighted by Gasteiger charge is 2.30. The van der Waals surface area contributed by atoms with E-state index in [4.69, 9.17) is 5.26 Å². The molecule has 3 rings (SSSR count). The predicted octanol–water partition coefficient (Wildman–Crippen LogP) is 4.00. The van der Waals surface area contributed by atoms with Gasteiger partial charge in [-0.25, -0.2) is 9.97 Å². The summed E-state index contributed by atoms with van der Waals surface area (Å²) in [5.74, 6) is 0.618. The third-order valence-electron chi connectivity index (χ3n) is 5.82. The highest BCUT2D eigenvalue weighted by atomic mass is 16.2. The minimum atomic E-state index is -0.685. The quantitative estimate of drug-likeness (QED) is 0.684. The first-order chi connectivity index (χ1) is 15.1. The van der Waals surface area contributed by atoms with E-state index in [0.717, 1.165) is 24.2 Å². The van der Waals surface area contributed by atoms with E-state index >= 15 is 0 Å². The minimum absolute atomic E-state index is 0.0432. The second kappa shape index (κ2) is 9.56. The maximum absolute atomic E-state index is 13.1. The zero-order chi connectivity index (χ0) is 23.4. The molecule has 1 amide bonds. The molecule has 0 aliphatic carbocycles. The van der Waals surface area contributed by atoms with Gasteiger partial charge in [-0.2, -0.15) is 5.26 Å². The standard InChI is InChI=1S/C25H34N6O/c1-24(2,3)17-29-22-18(15-27-21(14-26)30-22)16-28-23(32)25(4,5)19-8-10-20(11-9-19)31-12-6-7-13-31/h8-11,15H,6-7,12-13,16-17H2,1-5H3,(H,28,32)(H,27,29,30). The summed E-state index contributed by atoms with van der Waals surface area (Å²) < 4.78 is 0. The molecule has 1 aromatic heterocycles. The minimum Gasteiger partial charge on any atom is -0.372 e. The largest absolute Gasteiger partial charge is 0.372 e. The summed E-state index contributed by atoms with van der Waals surface area (Å²) in [5.41, 5.74) is 2.30. The van der Waals surface area contributed by atoms with Crippen LogP contribution in [0.25, 0.3) is 0 Å². The lowest BCUT2D eigenvalue weighted by Gasteiger charge is -2.26. The number of rotatable bonds is 7. The third-order valence-corrected chi connectivity index (χ3v) is 5.82. The van der Waals surface area contributed by atoms with Gasteiger partial charge in [0, 0.05) is 43.6 Å². The Morgan fingerprint density at radius 1 is 1.12 bits per heavy atom. The van der Waals surface area contributed by atoms with E-state index in [-0.39, 0.29) is 23.7 Å². The normalized spacial score (nSPS) is 14.2. The van der Waals surface area contributed by atoms with E-state index in [0.29, 0.717) is 12.4 Å². The van der Waals surface area contributed by atoms with Gasteiger partial charge in [-0.3, -0.25) is 4.79 Å². The summed E-state index contributed by atoms with van der Waals surface area (Å²) in [6.07, 6.45) is 4.08. The van der Waals surface area contributed by atoms with Gasteiger partial charge in [-0.05, 0) is 49.8 Å². The van der Waals surface area contributed by atoms with Gasteiger partial charge in [-0.1, -0.05) is 32.9 Å². The Labute approximate surface area is 191 Å². The summed E-state index contributed by atoms with van der Waals surface area (Å²) >= 11 is 0. The topological polar surface area (TPSA) is 93.9 Å². The van der Waals surface area contributed by atoms with Crippen molar-refractivity contribution in [3.8, 4) is 6.07 Å². The van der Waals surface area contributed by atoms with Gasteiger partial charge in [-0.15, -0.1) is 0 Å². The third kappa shape index (κ3) is 5.76. The van der Waals surface area contributed by atoms with E-state index in [1.54, 1.807) is 6.20 Å². The van der Waals surface area contributed by atoms with Crippen LogP contribution in [0.4, 0.5) is 11.5 Å². The molecule has 2 aromatic rings. The first-order valence-electron chi connectivity index (χ1n) is 11.2. The van der Waals surface area contributed by atoms with Crippen LogP contribution in [0.3, 0.4) is 0 Å². The molecule has 32 heavy (non-hydrogen) atoms. The van der Waals surface area contributed by atoms with Gasteiger partial charge >= 0.3 is 0 Å². The summed E-state index contributed by atoms with van der Waals surface area (Å²) in [6, 6.07) is 10.3. The Morgan fingerprint density at radius 3 is 2.38 bits per heavy atom. The molecule has 0 atom stereocenters. The van der Waals surface area contributed by atoms with Gasteiger partial charge in [0.15, 0.2) is 0 Å². The maximum atomic E-state index is 13.1. The molecule has 1 fully saturated rings. The number of nitrogens with one attached hydrogen (secondary N) is 2. The molecule has 1 aliphatic rings. The van der Waals surface area contributed by atoms with E-state index in [2.05, 4.69) is 58.4 Å². The lowest BCUT2D eigenvalue weighted by molar-refractivity contribution is -0.125. The molecule has 1 aromatic carbocycles. The van der Waals surface area contributed by atoms with E-state index in [1.165, 1.54) is 18.5 Å². The summed E-state index contributed by atoms with van der Waals surface area (Å²) in [6.45, 7) is 13.4. The second-order valence-corrected chi connectivity index (χ2v) is 10.1. The molecule has 7 nitrogen and oxygen atoms in total. The fraction of sp³-hybridized carbons (Fsp3) is 0.520. The van der Waals surface area contributed by atoms with Gasteiger partial charge in [0.05, 0.1) is 5.41 Å². The zero-order valence-electron chi connectivity index (χ0n) is 19.8. The van der Waals surface area contributed by atoms with Crippen LogP contribution in [-0.4, -0.2) is 35.5 Å². The van der Waals surface area contributed by atoms with Crippen LogP contribution in [0.2, 0.25) is 0 Å². The van der Waals surface area contributed by atoms with Crippen LogP contribution in [0, 0.1) is 16.7 Å². The van der Waals surface area contributed by atoms with Crippen molar-refractivity contribution in [2.45, 2.75) is 59.4 Å². The number of nitrogens with zero attached hydrogens (tertiary/aromatic N) is 4. The maximum Gasteiger partial charge on any atom is 0.234 e. The SMILES string of the molecule is CC(C)(C)CNc1nc(C#N)ncc1CNC(=O)C(C)(C)c1ccc(N2CCCC2)cc1. The van der Waals surface area contributed by atoms with Crippen LogP contribution in [0.1, 0.15) is 64.4 Å². The monoisotopic (exact) mass is 434 g/mol. The lowest BCUT2D eigenvalue weighted by atomic mass is 9.83. The van der Waals surface area contributed by atoms with Crippen molar-refractivity contribution >= 4 is 17.4 Å². The van der Waals surface area contributed by atoms with Crippen LogP contribution >= 0.6 is 0 Å². The molecule has 1 saturated heterocycles. The van der Waals surface area contributed by atoms with Gasteiger partial charge in [0.25, 0.3) is 0 Å². The number of nitriles is 1. The van der Waals surface area contributed by atoms with Crippen LogP contribution < -0.4 is 15.5 Å². The molecule has 0 saturated carbocycles. The fourth-order valence-electron chi connectivity index (χ4n) is 3.68. The molecule has 7 heteroatoms. The van der Waals surface area contributed by atoms with E-state index < -0.39 is 5.41 Å². The molecule has 1 aliphatic heterocycles. The number of aromatic nitrogens is 2. The number of hydrogen-bond donors (Lipinski definition) is 2. The van der Waals surface area contributed by atoms with Crippen molar-refractivity contribution in [2.24, 2.45) is 5.41 Å². The zero-order valence-corrected chi connectivity index (χ0v) is 19.8. The van der Waals surface area contributed by atoms with Crippen LogP contribution in [0.15, 0.2) is 30.5 Å². The number of anilines is 2. The fourth-order valence-corrected chi connectivity index (χ4v) is 3.68. The molecule has 0 bridgehead atoms. The number of hydrogen-bond acceptors (Lipinski definition) is 6. The number of amides is 1. The average Bonchev–Trinajstić information content (AvgIpc) is 3.30. The second-order valence-electron chi connectivity index (χ2n) is 10.1. The summed E-state index contributed by atoms with van der Waals surface area (Å²) in [7, 11) is 0. The molecule has 0 radical (unpaired) electrons. The Morgan fingerprint density at radius 2 is 1.78 bits per heavy atom. The number of carbonyl (C=O) groups excluding carboxylic acids is 1. The van der Waals surface area contributed by atoms with Crippen LogP contribution in [-0.2, 0) is 16.8 Å². The lowest BCUT2D eigenvalue weighted by Crippen LogP contribution is -2.40. The Kier molecular flexibility index (Phi) is 7.02. The van der Waals surface area contributed by atoms with Crippen molar-refractivity contribution in [3.05, 3.63) is 47.4 Å². The predicted molar refractivity (Wildman–Crippen MR) is 127 cm³/mol. The van der Waals surface area contributed by atoms with Gasteiger partial charge < -0.3 is 15.5 Å². The summed E-state index contributed by atoms with van der Waals surface area (Å²) in [4.78, 5) is 23.9. The molecule has 0 unspecified atom stereocenters.